The maximum atomic E-state index is 5.23. The Morgan fingerprint density at radius 1 is 0.968 bits per heavy atom. The Bertz CT molecular complexity index is 1350. The number of rotatable bonds is 6. The minimum absolute atomic E-state index is 0.0329. The van der Waals surface area contributed by atoms with Crippen LogP contribution < -0.4 is 10.1 Å². The number of anilines is 1. The number of fused-ring (bicyclic) bond motifs is 2. The lowest BCUT2D eigenvalue weighted by Gasteiger charge is -2.15. The van der Waals surface area contributed by atoms with Crippen molar-refractivity contribution in [1.82, 2.24) is 24.5 Å². The van der Waals surface area contributed by atoms with E-state index in [4.69, 9.17) is 4.74 Å². The molecule has 0 aliphatic rings. The molecule has 3 aromatic heterocycles. The number of pyridine rings is 1. The molecule has 1 atom stereocenters. The van der Waals surface area contributed by atoms with Crippen molar-refractivity contribution in [3.05, 3.63) is 84.7 Å². The summed E-state index contributed by atoms with van der Waals surface area (Å²) in [6, 6.07) is 18.3. The van der Waals surface area contributed by atoms with Gasteiger partial charge in [-0.25, -0.2) is 15.0 Å². The van der Waals surface area contributed by atoms with Crippen molar-refractivity contribution in [3.8, 4) is 5.75 Å². The van der Waals surface area contributed by atoms with E-state index in [0.717, 1.165) is 38.9 Å². The Morgan fingerprint density at radius 2 is 1.77 bits per heavy atom. The van der Waals surface area contributed by atoms with Gasteiger partial charge in [0.1, 0.15) is 17.6 Å². The zero-order valence-corrected chi connectivity index (χ0v) is 17.4. The van der Waals surface area contributed by atoms with E-state index in [2.05, 4.69) is 50.4 Å². The Kier molecular flexibility index (Phi) is 4.92. The topological polar surface area (TPSA) is 77.8 Å². The summed E-state index contributed by atoms with van der Waals surface area (Å²) in [5, 5.41) is 5.74. The van der Waals surface area contributed by atoms with Crippen molar-refractivity contribution in [2.45, 2.75) is 19.5 Å². The molecule has 31 heavy (non-hydrogen) atoms. The molecule has 154 valence electrons. The van der Waals surface area contributed by atoms with Gasteiger partial charge in [0, 0.05) is 11.6 Å². The summed E-state index contributed by atoms with van der Waals surface area (Å²) >= 11 is 0. The van der Waals surface area contributed by atoms with Crippen LogP contribution in [-0.2, 0) is 6.54 Å². The molecule has 0 saturated carbocycles. The number of aromatic nitrogens is 5. The first-order chi connectivity index (χ1) is 15.2. The lowest BCUT2D eigenvalue weighted by Crippen LogP contribution is -2.10. The van der Waals surface area contributed by atoms with Gasteiger partial charge in [0.2, 0.25) is 0 Å². The number of nitrogens with zero attached hydrogens (tertiary/aromatic N) is 5. The van der Waals surface area contributed by atoms with Crippen molar-refractivity contribution in [3.63, 3.8) is 0 Å². The monoisotopic (exact) mass is 410 g/mol. The molecule has 0 spiro atoms. The fourth-order valence-electron chi connectivity index (χ4n) is 3.65. The molecular weight excluding hydrogens is 388 g/mol. The lowest BCUT2D eigenvalue weighted by molar-refractivity contribution is 0.414. The van der Waals surface area contributed by atoms with Crippen molar-refractivity contribution in [1.29, 1.82) is 0 Å². The molecule has 5 aromatic rings. The van der Waals surface area contributed by atoms with Crippen LogP contribution in [0, 0.1) is 0 Å². The molecular formula is C24H22N6O. The van der Waals surface area contributed by atoms with Crippen LogP contribution in [0.25, 0.3) is 21.9 Å². The average molecular weight is 410 g/mol. The molecule has 0 unspecified atom stereocenters. The van der Waals surface area contributed by atoms with Gasteiger partial charge in [-0.1, -0.05) is 36.4 Å². The summed E-state index contributed by atoms with van der Waals surface area (Å²) in [5.74, 6) is 1.53. The van der Waals surface area contributed by atoms with E-state index >= 15 is 0 Å². The molecule has 0 aliphatic heterocycles. The first kappa shape index (κ1) is 19.0. The van der Waals surface area contributed by atoms with Crippen molar-refractivity contribution in [2.75, 3.05) is 12.4 Å². The summed E-state index contributed by atoms with van der Waals surface area (Å²) in [6.07, 6.45) is 5.27. The Morgan fingerprint density at radius 3 is 2.58 bits per heavy atom. The first-order valence-corrected chi connectivity index (χ1v) is 10.1. The Labute approximate surface area is 179 Å². The Hall–Kier alpha value is -4.00. The molecule has 0 radical (unpaired) electrons. The highest BCUT2D eigenvalue weighted by molar-refractivity contribution is 5.84. The van der Waals surface area contributed by atoms with Crippen LogP contribution >= 0.6 is 0 Å². The molecule has 0 fully saturated rings. The quantitative estimate of drug-likeness (QED) is 0.441. The molecule has 2 aromatic carbocycles. The van der Waals surface area contributed by atoms with E-state index in [0.29, 0.717) is 12.4 Å². The molecule has 0 amide bonds. The second kappa shape index (κ2) is 8.02. The third-order valence-electron chi connectivity index (χ3n) is 5.36. The summed E-state index contributed by atoms with van der Waals surface area (Å²) in [5.41, 5.74) is 3.61. The molecule has 5 rings (SSSR count). The maximum absolute atomic E-state index is 5.23. The van der Waals surface area contributed by atoms with E-state index < -0.39 is 0 Å². The van der Waals surface area contributed by atoms with E-state index in [1.54, 1.807) is 19.8 Å². The van der Waals surface area contributed by atoms with Gasteiger partial charge in [-0.15, -0.1) is 0 Å². The highest BCUT2D eigenvalue weighted by Crippen LogP contribution is 2.24. The molecule has 0 bridgehead atoms. The number of imidazole rings is 1. The standard InChI is InChI=1S/C24H22N6O/c1-16(21-11-18-5-3-4-6-19(18)12-25-21)29-23-22-24(27-14-26-23)30(15-28-22)13-17-7-9-20(31-2)10-8-17/h3-12,14-16H,13H2,1-2H3,(H,26,27,29)/t16-/m0/s1. The third-order valence-corrected chi connectivity index (χ3v) is 5.36. The number of ether oxygens (including phenoxy) is 1. The summed E-state index contributed by atoms with van der Waals surface area (Å²) < 4.78 is 7.25. The second-order valence-corrected chi connectivity index (χ2v) is 7.44. The molecule has 7 heteroatoms. The third kappa shape index (κ3) is 3.77. The smallest absolute Gasteiger partial charge is 0.165 e. The normalized spacial score (nSPS) is 12.2. The van der Waals surface area contributed by atoms with Crippen molar-refractivity contribution >= 4 is 27.8 Å². The van der Waals surface area contributed by atoms with Gasteiger partial charge in [0.05, 0.1) is 31.7 Å². The zero-order chi connectivity index (χ0) is 21.2. The van der Waals surface area contributed by atoms with E-state index in [1.165, 1.54) is 0 Å². The van der Waals surface area contributed by atoms with Gasteiger partial charge >= 0.3 is 0 Å². The van der Waals surface area contributed by atoms with Gasteiger partial charge in [-0.05, 0) is 36.1 Å². The number of hydrogen-bond acceptors (Lipinski definition) is 6. The molecule has 7 nitrogen and oxygen atoms in total. The summed E-state index contributed by atoms with van der Waals surface area (Å²) in [6.45, 7) is 2.73. The average Bonchev–Trinajstić information content (AvgIpc) is 3.23. The van der Waals surface area contributed by atoms with Gasteiger partial charge < -0.3 is 14.6 Å². The largest absolute Gasteiger partial charge is 0.497 e. The van der Waals surface area contributed by atoms with Crippen LogP contribution in [-0.4, -0.2) is 31.6 Å². The van der Waals surface area contributed by atoms with Crippen LogP contribution in [0.3, 0.4) is 0 Å². The van der Waals surface area contributed by atoms with Crippen LogP contribution in [0.2, 0.25) is 0 Å². The minimum Gasteiger partial charge on any atom is -0.497 e. The maximum Gasteiger partial charge on any atom is 0.165 e. The van der Waals surface area contributed by atoms with Crippen LogP contribution in [0.4, 0.5) is 5.82 Å². The predicted octanol–water partition coefficient (Wildman–Crippen LogP) is 4.60. The first-order valence-electron chi connectivity index (χ1n) is 10.1. The van der Waals surface area contributed by atoms with Gasteiger partial charge in [0.15, 0.2) is 11.5 Å². The van der Waals surface area contributed by atoms with Crippen LogP contribution in [0.5, 0.6) is 5.75 Å². The van der Waals surface area contributed by atoms with E-state index in [1.807, 2.05) is 47.2 Å². The summed E-state index contributed by atoms with van der Waals surface area (Å²) in [7, 11) is 1.66. The fraction of sp³-hybridized carbons (Fsp3) is 0.167. The lowest BCUT2D eigenvalue weighted by atomic mass is 10.1. The summed E-state index contributed by atoms with van der Waals surface area (Å²) in [4.78, 5) is 18.1. The van der Waals surface area contributed by atoms with Crippen LogP contribution in [0.15, 0.2) is 73.4 Å². The molecule has 0 aliphatic carbocycles. The van der Waals surface area contributed by atoms with Crippen molar-refractivity contribution in [2.24, 2.45) is 0 Å². The Balaban J connectivity index is 1.40. The SMILES string of the molecule is COc1ccc(Cn2cnc3c(N[C@@H](C)c4cc5ccccc5cn4)ncnc32)cc1. The molecule has 3 heterocycles. The zero-order valence-electron chi connectivity index (χ0n) is 17.4. The predicted molar refractivity (Wildman–Crippen MR) is 121 cm³/mol. The van der Waals surface area contributed by atoms with Gasteiger partial charge in [-0.2, -0.15) is 0 Å². The number of hydrogen-bond donors (Lipinski definition) is 1. The highest BCUT2D eigenvalue weighted by atomic mass is 16.5. The number of benzene rings is 2. The fourth-order valence-corrected chi connectivity index (χ4v) is 3.65. The molecule has 1 N–H and O–H groups in total. The van der Waals surface area contributed by atoms with Crippen molar-refractivity contribution < 1.29 is 4.74 Å². The van der Waals surface area contributed by atoms with E-state index in [-0.39, 0.29) is 6.04 Å². The number of methoxy groups -OCH3 is 1. The second-order valence-electron chi connectivity index (χ2n) is 7.44. The highest BCUT2D eigenvalue weighted by Gasteiger charge is 2.14. The van der Waals surface area contributed by atoms with Gasteiger partial charge in [0.25, 0.3) is 0 Å². The van der Waals surface area contributed by atoms with Crippen LogP contribution in [0.1, 0.15) is 24.2 Å². The number of nitrogens with one attached hydrogen (secondary N) is 1. The van der Waals surface area contributed by atoms with E-state index in [9.17, 15) is 0 Å². The minimum atomic E-state index is -0.0329. The van der Waals surface area contributed by atoms with Gasteiger partial charge in [-0.3, -0.25) is 4.98 Å². The molecule has 0 saturated heterocycles.